The number of phenols is 1. The number of nitrogens with zero attached hydrogens (tertiary/aromatic N) is 3. The maximum absolute atomic E-state index is 9.59. The van der Waals surface area contributed by atoms with Crippen LogP contribution in [0.3, 0.4) is 0 Å². The van der Waals surface area contributed by atoms with Gasteiger partial charge in [0.2, 0.25) is 0 Å². The van der Waals surface area contributed by atoms with Crippen LogP contribution in [0.4, 0.5) is 5.69 Å². The van der Waals surface area contributed by atoms with Crippen molar-refractivity contribution in [3.63, 3.8) is 0 Å². The van der Waals surface area contributed by atoms with E-state index in [0.29, 0.717) is 16.6 Å². The van der Waals surface area contributed by atoms with Crippen molar-refractivity contribution in [1.82, 2.24) is 4.98 Å². The lowest BCUT2D eigenvalue weighted by Crippen LogP contribution is -1.78. The zero-order chi connectivity index (χ0) is 16.7. The van der Waals surface area contributed by atoms with Gasteiger partial charge in [-0.25, -0.2) is 0 Å². The standard InChI is InChI=1S/C11H9N3O.3C2H6/c1-2-13-14-9-5-6-10(15)8-4-3-7-12-11(8)9;3*1-2/h2-7,15H,1H2;3*1-2H3. The van der Waals surface area contributed by atoms with Crippen molar-refractivity contribution < 1.29 is 5.11 Å². The summed E-state index contributed by atoms with van der Waals surface area (Å²) in [4.78, 5) is 4.15. The highest BCUT2D eigenvalue weighted by Crippen LogP contribution is 2.30. The van der Waals surface area contributed by atoms with E-state index in [1.165, 1.54) is 6.20 Å². The Morgan fingerprint density at radius 3 is 2.24 bits per heavy atom. The van der Waals surface area contributed by atoms with Gasteiger partial charge >= 0.3 is 0 Å². The second-order valence-electron chi connectivity index (χ2n) is 2.90. The fraction of sp³-hybridized carbons (Fsp3) is 0.353. The topological polar surface area (TPSA) is 57.8 Å². The number of hydrogen-bond donors (Lipinski definition) is 1. The number of hydrogen-bond acceptors (Lipinski definition) is 4. The van der Waals surface area contributed by atoms with E-state index in [1.807, 2.05) is 41.5 Å². The minimum Gasteiger partial charge on any atom is -0.507 e. The summed E-state index contributed by atoms with van der Waals surface area (Å²) in [6, 6.07) is 6.78. The highest BCUT2D eigenvalue weighted by atomic mass is 16.3. The highest BCUT2D eigenvalue weighted by Gasteiger charge is 2.04. The molecule has 4 nitrogen and oxygen atoms in total. The Labute approximate surface area is 128 Å². The molecule has 0 bridgehead atoms. The van der Waals surface area contributed by atoms with Crippen LogP contribution in [0.2, 0.25) is 0 Å². The van der Waals surface area contributed by atoms with E-state index < -0.39 is 0 Å². The molecular formula is C17H27N3O. The van der Waals surface area contributed by atoms with Gasteiger partial charge in [0.25, 0.3) is 0 Å². The molecule has 2 rings (SSSR count). The number of fused-ring (bicyclic) bond motifs is 1. The van der Waals surface area contributed by atoms with Crippen LogP contribution in [0, 0.1) is 0 Å². The van der Waals surface area contributed by atoms with Gasteiger partial charge in [-0.3, -0.25) is 4.98 Å². The van der Waals surface area contributed by atoms with E-state index in [2.05, 4.69) is 21.8 Å². The molecule has 0 saturated heterocycles. The Hall–Kier alpha value is -2.23. The summed E-state index contributed by atoms with van der Waals surface area (Å²) in [6.07, 6.45) is 3.00. The molecule has 2 aromatic rings. The fourth-order valence-electron chi connectivity index (χ4n) is 1.33. The molecule has 0 aliphatic carbocycles. The molecule has 0 radical (unpaired) electrons. The van der Waals surface area contributed by atoms with Crippen molar-refractivity contribution in [2.24, 2.45) is 10.2 Å². The van der Waals surface area contributed by atoms with Crippen LogP contribution in [0.1, 0.15) is 41.5 Å². The summed E-state index contributed by atoms with van der Waals surface area (Å²) in [5.74, 6) is 0.190. The molecule has 0 spiro atoms. The first kappa shape index (κ1) is 21.1. The van der Waals surface area contributed by atoms with Gasteiger partial charge in [-0.05, 0) is 24.3 Å². The third-order valence-electron chi connectivity index (χ3n) is 1.97. The first-order valence-corrected chi connectivity index (χ1v) is 7.41. The number of azo groups is 1. The lowest BCUT2D eigenvalue weighted by atomic mass is 10.2. The zero-order valence-electron chi connectivity index (χ0n) is 14.0. The van der Waals surface area contributed by atoms with Gasteiger partial charge in [0.1, 0.15) is 17.0 Å². The van der Waals surface area contributed by atoms with Crippen molar-refractivity contribution in [2.45, 2.75) is 41.5 Å². The molecule has 1 heterocycles. The zero-order valence-corrected chi connectivity index (χ0v) is 14.0. The summed E-state index contributed by atoms with van der Waals surface area (Å²) >= 11 is 0. The molecule has 0 unspecified atom stereocenters. The predicted molar refractivity (Wildman–Crippen MR) is 92.2 cm³/mol. The average Bonchev–Trinajstić information content (AvgIpc) is 2.60. The molecule has 0 aliphatic rings. The molecule has 1 aromatic heterocycles. The quantitative estimate of drug-likeness (QED) is 0.664. The van der Waals surface area contributed by atoms with Crippen LogP contribution in [0.5, 0.6) is 5.75 Å². The summed E-state index contributed by atoms with van der Waals surface area (Å²) in [7, 11) is 0. The second-order valence-corrected chi connectivity index (χ2v) is 2.90. The monoisotopic (exact) mass is 289 g/mol. The second kappa shape index (κ2) is 14.2. The maximum Gasteiger partial charge on any atom is 0.125 e. The van der Waals surface area contributed by atoms with Crippen molar-refractivity contribution in [3.8, 4) is 5.75 Å². The third-order valence-corrected chi connectivity index (χ3v) is 1.97. The number of phenolic OH excluding ortho intramolecular Hbond substituents is 1. The molecule has 1 aromatic carbocycles. The summed E-state index contributed by atoms with van der Waals surface area (Å²) in [5, 5.41) is 17.9. The summed E-state index contributed by atoms with van der Waals surface area (Å²) in [5.41, 5.74) is 1.24. The number of rotatable bonds is 2. The molecule has 0 fully saturated rings. The average molecular weight is 289 g/mol. The molecule has 0 saturated carbocycles. The highest BCUT2D eigenvalue weighted by molar-refractivity contribution is 5.93. The van der Waals surface area contributed by atoms with Gasteiger partial charge in [-0.2, -0.15) is 5.11 Å². The molecule has 1 N–H and O–H groups in total. The van der Waals surface area contributed by atoms with Gasteiger partial charge in [0.05, 0.1) is 0 Å². The maximum atomic E-state index is 9.59. The van der Waals surface area contributed by atoms with E-state index in [4.69, 9.17) is 0 Å². The van der Waals surface area contributed by atoms with Crippen LogP contribution < -0.4 is 0 Å². The Balaban J connectivity index is 0. The van der Waals surface area contributed by atoms with Crippen molar-refractivity contribution >= 4 is 16.6 Å². The number of benzene rings is 1. The van der Waals surface area contributed by atoms with Crippen LogP contribution in [0.25, 0.3) is 10.9 Å². The molecule has 0 amide bonds. The summed E-state index contributed by atoms with van der Waals surface area (Å²) < 4.78 is 0. The Kier molecular flexibility index (Phi) is 14.2. The molecule has 0 aliphatic heterocycles. The first-order chi connectivity index (χ1) is 10.3. The van der Waals surface area contributed by atoms with Gasteiger partial charge in [0, 0.05) is 17.8 Å². The fourth-order valence-corrected chi connectivity index (χ4v) is 1.33. The molecule has 116 valence electrons. The van der Waals surface area contributed by atoms with Crippen molar-refractivity contribution in [2.75, 3.05) is 0 Å². The Morgan fingerprint density at radius 1 is 1.05 bits per heavy atom. The van der Waals surface area contributed by atoms with E-state index in [1.54, 1.807) is 30.5 Å². The van der Waals surface area contributed by atoms with Crippen LogP contribution in [0.15, 0.2) is 53.5 Å². The SMILES string of the molecule is C=CN=Nc1ccc(O)c2cccnc12.CC.CC.CC. The molecule has 21 heavy (non-hydrogen) atoms. The minimum atomic E-state index is 0.190. The molecular weight excluding hydrogens is 262 g/mol. The van der Waals surface area contributed by atoms with E-state index >= 15 is 0 Å². The number of pyridine rings is 1. The van der Waals surface area contributed by atoms with Crippen LogP contribution >= 0.6 is 0 Å². The van der Waals surface area contributed by atoms with E-state index in [9.17, 15) is 5.11 Å². The lowest BCUT2D eigenvalue weighted by Gasteiger charge is -2.01. The van der Waals surface area contributed by atoms with Crippen molar-refractivity contribution in [1.29, 1.82) is 0 Å². The molecule has 0 atom stereocenters. The predicted octanol–water partition coefficient (Wildman–Crippen LogP) is 6.25. The van der Waals surface area contributed by atoms with E-state index in [0.717, 1.165) is 0 Å². The third kappa shape index (κ3) is 6.65. The van der Waals surface area contributed by atoms with Gasteiger partial charge in [-0.15, -0.1) is 5.11 Å². The summed E-state index contributed by atoms with van der Waals surface area (Å²) in [6.45, 7) is 15.4. The first-order valence-electron chi connectivity index (χ1n) is 7.41. The van der Waals surface area contributed by atoms with Crippen molar-refractivity contribution in [3.05, 3.63) is 43.2 Å². The van der Waals surface area contributed by atoms with Crippen LogP contribution in [-0.2, 0) is 0 Å². The Morgan fingerprint density at radius 2 is 1.67 bits per heavy atom. The van der Waals surface area contributed by atoms with Crippen LogP contribution in [-0.4, -0.2) is 10.1 Å². The number of aromatic nitrogens is 1. The lowest BCUT2D eigenvalue weighted by molar-refractivity contribution is 0.481. The largest absolute Gasteiger partial charge is 0.507 e. The van der Waals surface area contributed by atoms with Gasteiger partial charge in [-0.1, -0.05) is 48.1 Å². The minimum absolute atomic E-state index is 0.190. The normalized spacial score (nSPS) is 8.67. The van der Waals surface area contributed by atoms with E-state index in [-0.39, 0.29) is 5.75 Å². The van der Waals surface area contributed by atoms with Gasteiger partial charge in [0.15, 0.2) is 0 Å². The smallest absolute Gasteiger partial charge is 0.125 e. The van der Waals surface area contributed by atoms with Gasteiger partial charge < -0.3 is 5.11 Å². The Bertz CT molecular complexity index is 537. The molecule has 4 heteroatoms. The number of aromatic hydroxyl groups is 1.